The summed E-state index contributed by atoms with van der Waals surface area (Å²) in [4.78, 5) is 26.5. The first-order valence-corrected chi connectivity index (χ1v) is 9.35. The van der Waals surface area contributed by atoms with Crippen LogP contribution < -0.4 is 16.0 Å². The quantitative estimate of drug-likeness (QED) is 0.511. The van der Waals surface area contributed by atoms with Crippen LogP contribution in [0.1, 0.15) is 11.1 Å². The van der Waals surface area contributed by atoms with E-state index in [9.17, 15) is 18.4 Å². The van der Waals surface area contributed by atoms with Gasteiger partial charge in [-0.05, 0) is 36.1 Å². The van der Waals surface area contributed by atoms with E-state index in [4.69, 9.17) is 4.74 Å². The maximum absolute atomic E-state index is 14.2. The molecule has 0 amide bonds. The maximum atomic E-state index is 14.2. The van der Waals surface area contributed by atoms with Crippen molar-refractivity contribution in [1.29, 1.82) is 0 Å². The van der Waals surface area contributed by atoms with Crippen LogP contribution in [0, 0.1) is 18.6 Å². The molecule has 4 rings (SSSR count). The van der Waals surface area contributed by atoms with Crippen LogP contribution in [0.2, 0.25) is 0 Å². The molecule has 0 N–H and O–H groups in total. The molecular weight excluding hydrogens is 402 g/mol. The number of thiophene rings is 1. The van der Waals surface area contributed by atoms with Gasteiger partial charge in [0.05, 0.1) is 19.0 Å². The highest BCUT2D eigenvalue weighted by atomic mass is 32.1. The van der Waals surface area contributed by atoms with Gasteiger partial charge in [-0.15, -0.1) is 21.5 Å². The third-order valence-corrected chi connectivity index (χ3v) is 5.60. The van der Waals surface area contributed by atoms with Crippen LogP contribution in [0.25, 0.3) is 16.0 Å². The summed E-state index contributed by atoms with van der Waals surface area (Å²) in [6.45, 7) is 1.35. The zero-order valence-electron chi connectivity index (χ0n) is 15.3. The average molecular weight is 416 g/mol. The number of aryl methyl sites for hydroxylation is 1. The van der Waals surface area contributed by atoms with Crippen molar-refractivity contribution in [2.75, 3.05) is 7.11 Å². The molecule has 0 aliphatic heterocycles. The second-order valence-corrected chi connectivity index (χ2v) is 7.10. The molecule has 3 heterocycles. The van der Waals surface area contributed by atoms with Crippen LogP contribution in [0.5, 0.6) is 5.88 Å². The molecule has 0 aliphatic rings. The molecule has 0 saturated heterocycles. The standard InChI is InChI=1S/C19H14F2N4O3S/c1-10-9-29-18-16(10)17(26)25(14-6-7-15(28-2)23-22-14)19(27)24(18)8-11-12(20)4-3-5-13(11)21/h3-7,9H,8H2,1-2H3. The summed E-state index contributed by atoms with van der Waals surface area (Å²) in [7, 11) is 1.41. The summed E-state index contributed by atoms with van der Waals surface area (Å²) in [6, 6.07) is 6.35. The number of ether oxygens (including phenoxy) is 1. The van der Waals surface area contributed by atoms with Gasteiger partial charge in [-0.2, -0.15) is 0 Å². The highest BCUT2D eigenvalue weighted by Crippen LogP contribution is 2.23. The number of fused-ring (bicyclic) bond motifs is 1. The molecule has 148 valence electrons. The largest absolute Gasteiger partial charge is 0.480 e. The number of aromatic nitrogens is 4. The molecule has 0 aliphatic carbocycles. The zero-order chi connectivity index (χ0) is 20.7. The molecule has 29 heavy (non-hydrogen) atoms. The highest BCUT2D eigenvalue weighted by Gasteiger charge is 2.20. The van der Waals surface area contributed by atoms with Crippen molar-refractivity contribution in [2.45, 2.75) is 13.5 Å². The second-order valence-electron chi connectivity index (χ2n) is 6.24. The van der Waals surface area contributed by atoms with Gasteiger partial charge in [0.1, 0.15) is 16.5 Å². The lowest BCUT2D eigenvalue weighted by Gasteiger charge is -2.13. The summed E-state index contributed by atoms with van der Waals surface area (Å²) in [5, 5.41) is 9.66. The van der Waals surface area contributed by atoms with E-state index in [1.165, 1.54) is 29.9 Å². The van der Waals surface area contributed by atoms with Crippen LogP contribution in [0.4, 0.5) is 8.78 Å². The van der Waals surface area contributed by atoms with Crippen LogP contribution in [-0.2, 0) is 6.54 Å². The summed E-state index contributed by atoms with van der Waals surface area (Å²) in [6.07, 6.45) is 0. The first kappa shape index (κ1) is 18.9. The van der Waals surface area contributed by atoms with E-state index in [2.05, 4.69) is 10.2 Å². The first-order chi connectivity index (χ1) is 13.9. The predicted molar refractivity (Wildman–Crippen MR) is 104 cm³/mol. The van der Waals surface area contributed by atoms with Crippen molar-refractivity contribution in [1.82, 2.24) is 19.3 Å². The Balaban J connectivity index is 2.02. The van der Waals surface area contributed by atoms with Gasteiger partial charge >= 0.3 is 5.69 Å². The van der Waals surface area contributed by atoms with Gasteiger partial charge in [0.25, 0.3) is 5.56 Å². The fourth-order valence-corrected chi connectivity index (χ4v) is 4.06. The van der Waals surface area contributed by atoms with Crippen LogP contribution in [0.3, 0.4) is 0 Å². The van der Waals surface area contributed by atoms with E-state index in [-0.39, 0.29) is 29.2 Å². The van der Waals surface area contributed by atoms with Gasteiger partial charge in [-0.25, -0.2) is 18.1 Å². The molecule has 7 nitrogen and oxygen atoms in total. The van der Waals surface area contributed by atoms with Gasteiger partial charge in [0.2, 0.25) is 5.88 Å². The Bertz CT molecular complexity index is 1320. The summed E-state index contributed by atoms with van der Waals surface area (Å²) >= 11 is 1.16. The molecule has 0 spiro atoms. The highest BCUT2D eigenvalue weighted by molar-refractivity contribution is 7.17. The van der Waals surface area contributed by atoms with Gasteiger partial charge in [-0.3, -0.25) is 9.36 Å². The SMILES string of the molecule is COc1ccc(-n2c(=O)c3c(C)csc3n(Cc3c(F)cccc3F)c2=O)nn1. The summed E-state index contributed by atoms with van der Waals surface area (Å²) in [5.41, 5.74) is -0.971. The van der Waals surface area contributed by atoms with E-state index in [1.807, 2.05) is 0 Å². The third kappa shape index (κ3) is 3.11. The molecule has 1 aromatic carbocycles. The smallest absolute Gasteiger partial charge is 0.338 e. The molecule has 10 heteroatoms. The van der Waals surface area contributed by atoms with Gasteiger partial charge in [0.15, 0.2) is 5.82 Å². The van der Waals surface area contributed by atoms with Gasteiger partial charge < -0.3 is 4.74 Å². The molecule has 0 fully saturated rings. The minimum absolute atomic E-state index is 0.0175. The predicted octanol–water partition coefficient (Wildman–Crippen LogP) is 2.65. The van der Waals surface area contributed by atoms with Gasteiger partial charge in [-0.1, -0.05) is 6.07 Å². The van der Waals surface area contributed by atoms with Crippen molar-refractivity contribution < 1.29 is 13.5 Å². The van der Waals surface area contributed by atoms with E-state index >= 15 is 0 Å². The summed E-state index contributed by atoms with van der Waals surface area (Å²) < 4.78 is 35.4. The van der Waals surface area contributed by atoms with Crippen molar-refractivity contribution >= 4 is 21.6 Å². The second kappa shape index (κ2) is 7.21. The molecule has 3 aromatic heterocycles. The zero-order valence-corrected chi connectivity index (χ0v) is 16.2. The number of halogens is 2. The van der Waals surface area contributed by atoms with Crippen molar-refractivity contribution in [3.8, 4) is 11.7 Å². The first-order valence-electron chi connectivity index (χ1n) is 8.47. The number of hydrogen-bond acceptors (Lipinski definition) is 6. The van der Waals surface area contributed by atoms with E-state index in [0.717, 1.165) is 28.0 Å². The van der Waals surface area contributed by atoms with Gasteiger partial charge in [0, 0.05) is 11.6 Å². The Morgan fingerprint density at radius 3 is 2.45 bits per heavy atom. The van der Waals surface area contributed by atoms with E-state index < -0.39 is 22.9 Å². The normalized spacial score (nSPS) is 11.2. The number of nitrogens with zero attached hydrogens (tertiary/aromatic N) is 4. The van der Waals surface area contributed by atoms with Crippen LogP contribution >= 0.6 is 11.3 Å². The lowest BCUT2D eigenvalue weighted by atomic mass is 10.2. The molecule has 0 atom stereocenters. The Hall–Kier alpha value is -3.40. The molecule has 0 radical (unpaired) electrons. The lowest BCUT2D eigenvalue weighted by Crippen LogP contribution is -2.39. The van der Waals surface area contributed by atoms with E-state index in [1.54, 1.807) is 12.3 Å². The molecule has 0 saturated carbocycles. The average Bonchev–Trinajstić information content (AvgIpc) is 3.09. The van der Waals surface area contributed by atoms with Crippen LogP contribution in [0.15, 0.2) is 45.3 Å². The summed E-state index contributed by atoms with van der Waals surface area (Å²) in [5.74, 6) is -1.36. The lowest BCUT2D eigenvalue weighted by molar-refractivity contribution is 0.391. The maximum Gasteiger partial charge on any atom is 0.338 e. The topological polar surface area (TPSA) is 79.0 Å². The van der Waals surface area contributed by atoms with Crippen molar-refractivity contribution in [3.05, 3.63) is 79.3 Å². The monoisotopic (exact) mass is 416 g/mol. The fourth-order valence-electron chi connectivity index (χ4n) is 3.02. The number of hydrogen-bond donors (Lipinski definition) is 0. The fraction of sp³-hybridized carbons (Fsp3) is 0.158. The molecule has 4 aromatic rings. The molecular formula is C19H14F2N4O3S. The minimum atomic E-state index is -0.777. The Kier molecular flexibility index (Phi) is 4.71. The Morgan fingerprint density at radius 1 is 1.10 bits per heavy atom. The molecule has 0 bridgehead atoms. The third-order valence-electron chi connectivity index (χ3n) is 4.48. The van der Waals surface area contributed by atoms with Crippen LogP contribution in [-0.4, -0.2) is 26.4 Å². The Morgan fingerprint density at radius 2 is 1.83 bits per heavy atom. The molecule has 0 unspecified atom stereocenters. The minimum Gasteiger partial charge on any atom is -0.480 e. The number of benzene rings is 1. The van der Waals surface area contributed by atoms with E-state index in [0.29, 0.717) is 10.4 Å². The number of rotatable bonds is 4. The number of methoxy groups -OCH3 is 1. The van der Waals surface area contributed by atoms with Crippen molar-refractivity contribution in [2.24, 2.45) is 0 Å². The van der Waals surface area contributed by atoms with Crippen molar-refractivity contribution in [3.63, 3.8) is 0 Å². The Labute approximate surface area is 166 Å².